The summed E-state index contributed by atoms with van der Waals surface area (Å²) in [7, 11) is 0. The van der Waals surface area contributed by atoms with Gasteiger partial charge in [0.2, 0.25) is 5.91 Å². The van der Waals surface area contributed by atoms with Crippen LogP contribution in [0, 0.1) is 11.8 Å². The molecule has 2 aliphatic carbocycles. The third kappa shape index (κ3) is 4.56. The first-order chi connectivity index (χ1) is 11.5. The van der Waals surface area contributed by atoms with Gasteiger partial charge in [-0.05, 0) is 37.5 Å². The maximum Gasteiger partial charge on any atom is 0.303 e. The Morgan fingerprint density at radius 1 is 1.29 bits per heavy atom. The highest BCUT2D eigenvalue weighted by Crippen LogP contribution is 2.36. The lowest BCUT2D eigenvalue weighted by molar-refractivity contribution is -0.138. The van der Waals surface area contributed by atoms with Crippen molar-refractivity contribution >= 4 is 23.2 Å². The number of amides is 1. The number of thiazole rings is 1. The molecule has 0 unspecified atom stereocenters. The number of carboxylic acids is 1. The van der Waals surface area contributed by atoms with E-state index in [1.54, 1.807) is 11.3 Å². The second kappa shape index (κ2) is 7.64. The Morgan fingerprint density at radius 2 is 2.00 bits per heavy atom. The van der Waals surface area contributed by atoms with Gasteiger partial charge in [-0.1, -0.05) is 19.8 Å². The molecular formula is C18H26N2O3S. The van der Waals surface area contributed by atoms with Crippen LogP contribution in [0.5, 0.6) is 0 Å². The molecular weight excluding hydrogens is 324 g/mol. The standard InChI is InChI=1S/C18H26N2O3S/c1-11-2-4-13(5-3-11)18-20-15(10-24-18)9-16(21)19-14-6-12(7-14)8-17(22)23/h10-14H,2-9H2,1H3,(H,19,21)(H,22,23). The molecule has 2 saturated carbocycles. The van der Waals surface area contributed by atoms with Gasteiger partial charge in [-0.2, -0.15) is 0 Å². The molecule has 3 rings (SSSR count). The van der Waals surface area contributed by atoms with Crippen LogP contribution < -0.4 is 5.32 Å². The maximum absolute atomic E-state index is 12.1. The summed E-state index contributed by atoms with van der Waals surface area (Å²) in [5, 5.41) is 14.9. The summed E-state index contributed by atoms with van der Waals surface area (Å²) in [6, 6.07) is 0.139. The number of carbonyl (C=O) groups excluding carboxylic acids is 1. The molecule has 5 nitrogen and oxygen atoms in total. The summed E-state index contributed by atoms with van der Waals surface area (Å²) in [5.41, 5.74) is 0.868. The smallest absolute Gasteiger partial charge is 0.303 e. The number of nitrogens with zero attached hydrogens (tertiary/aromatic N) is 1. The lowest BCUT2D eigenvalue weighted by atomic mass is 9.78. The molecule has 1 aromatic rings. The van der Waals surface area contributed by atoms with Crippen LogP contribution in [-0.4, -0.2) is 28.0 Å². The van der Waals surface area contributed by atoms with Crippen molar-refractivity contribution in [1.29, 1.82) is 0 Å². The minimum atomic E-state index is -0.753. The number of carbonyl (C=O) groups is 2. The summed E-state index contributed by atoms with van der Waals surface area (Å²) in [6.45, 7) is 2.31. The van der Waals surface area contributed by atoms with Gasteiger partial charge in [-0.15, -0.1) is 11.3 Å². The first-order valence-corrected chi connectivity index (χ1v) is 9.83. The van der Waals surface area contributed by atoms with E-state index < -0.39 is 5.97 Å². The highest BCUT2D eigenvalue weighted by molar-refractivity contribution is 7.09. The average molecular weight is 350 g/mol. The van der Waals surface area contributed by atoms with Crippen molar-refractivity contribution in [2.24, 2.45) is 11.8 Å². The fraction of sp³-hybridized carbons (Fsp3) is 0.722. The molecule has 1 amide bonds. The Kier molecular flexibility index (Phi) is 5.54. The molecule has 2 fully saturated rings. The van der Waals surface area contributed by atoms with E-state index in [0.717, 1.165) is 24.5 Å². The van der Waals surface area contributed by atoms with E-state index >= 15 is 0 Å². The van der Waals surface area contributed by atoms with E-state index in [2.05, 4.69) is 17.2 Å². The summed E-state index contributed by atoms with van der Waals surface area (Å²) < 4.78 is 0. The van der Waals surface area contributed by atoms with Crippen LogP contribution in [0.3, 0.4) is 0 Å². The normalized spacial score (nSPS) is 29.7. The number of nitrogens with one attached hydrogen (secondary N) is 1. The lowest BCUT2D eigenvalue weighted by Gasteiger charge is -2.34. The molecule has 0 bridgehead atoms. The molecule has 24 heavy (non-hydrogen) atoms. The van der Waals surface area contributed by atoms with Gasteiger partial charge in [0.15, 0.2) is 0 Å². The van der Waals surface area contributed by atoms with Gasteiger partial charge in [0.1, 0.15) is 0 Å². The number of hydrogen-bond donors (Lipinski definition) is 2. The summed E-state index contributed by atoms with van der Waals surface area (Å²) >= 11 is 1.69. The zero-order valence-corrected chi connectivity index (χ0v) is 15.0. The van der Waals surface area contributed by atoms with Crippen molar-refractivity contribution in [3.05, 3.63) is 16.1 Å². The zero-order chi connectivity index (χ0) is 17.1. The Morgan fingerprint density at radius 3 is 2.67 bits per heavy atom. The van der Waals surface area contributed by atoms with Crippen molar-refractivity contribution < 1.29 is 14.7 Å². The van der Waals surface area contributed by atoms with Crippen molar-refractivity contribution in [2.45, 2.75) is 70.3 Å². The highest BCUT2D eigenvalue weighted by Gasteiger charge is 2.31. The zero-order valence-electron chi connectivity index (χ0n) is 14.2. The summed E-state index contributed by atoms with van der Waals surface area (Å²) in [6.07, 6.45) is 7.09. The predicted molar refractivity (Wildman–Crippen MR) is 93.1 cm³/mol. The fourth-order valence-corrected chi connectivity index (χ4v) is 4.80. The SMILES string of the molecule is CC1CCC(c2nc(CC(=O)NC3CC(CC(=O)O)C3)cs2)CC1. The lowest BCUT2D eigenvalue weighted by Crippen LogP contribution is -2.45. The minimum Gasteiger partial charge on any atom is -0.481 e. The topological polar surface area (TPSA) is 79.3 Å². The maximum atomic E-state index is 12.1. The van der Waals surface area contributed by atoms with Crippen LogP contribution in [0.15, 0.2) is 5.38 Å². The van der Waals surface area contributed by atoms with Gasteiger partial charge in [-0.25, -0.2) is 4.98 Å². The number of aromatic nitrogens is 1. The largest absolute Gasteiger partial charge is 0.481 e. The van der Waals surface area contributed by atoms with E-state index in [4.69, 9.17) is 5.11 Å². The van der Waals surface area contributed by atoms with Gasteiger partial charge in [-0.3, -0.25) is 9.59 Å². The van der Waals surface area contributed by atoms with E-state index in [-0.39, 0.29) is 24.3 Å². The minimum absolute atomic E-state index is 0.00268. The molecule has 132 valence electrons. The second-order valence-corrected chi connectivity index (χ2v) is 8.40. The summed E-state index contributed by atoms with van der Waals surface area (Å²) in [4.78, 5) is 27.4. The molecule has 1 aromatic heterocycles. The highest BCUT2D eigenvalue weighted by atomic mass is 32.1. The molecule has 2 N–H and O–H groups in total. The van der Waals surface area contributed by atoms with Crippen LogP contribution in [-0.2, 0) is 16.0 Å². The Labute approximate surface area is 146 Å². The third-order valence-electron chi connectivity index (χ3n) is 5.34. The van der Waals surface area contributed by atoms with E-state index in [1.807, 2.05) is 5.38 Å². The van der Waals surface area contributed by atoms with Crippen LogP contribution in [0.25, 0.3) is 0 Å². The second-order valence-electron chi connectivity index (χ2n) is 7.51. The molecule has 0 aliphatic heterocycles. The molecule has 0 spiro atoms. The Bertz CT molecular complexity index is 587. The van der Waals surface area contributed by atoms with Gasteiger partial charge in [0.25, 0.3) is 0 Å². The molecule has 0 radical (unpaired) electrons. The molecule has 0 saturated heterocycles. The molecule has 6 heteroatoms. The van der Waals surface area contributed by atoms with Crippen LogP contribution in [0.2, 0.25) is 0 Å². The fourth-order valence-electron chi connectivity index (χ4n) is 3.81. The van der Waals surface area contributed by atoms with Gasteiger partial charge < -0.3 is 10.4 Å². The van der Waals surface area contributed by atoms with Crippen molar-refractivity contribution in [3.8, 4) is 0 Å². The average Bonchev–Trinajstić information content (AvgIpc) is 2.93. The van der Waals surface area contributed by atoms with Crippen LogP contribution in [0.1, 0.15) is 68.5 Å². The van der Waals surface area contributed by atoms with Gasteiger partial charge in [0.05, 0.1) is 17.1 Å². The Hall–Kier alpha value is -1.43. The first-order valence-electron chi connectivity index (χ1n) is 8.95. The quantitative estimate of drug-likeness (QED) is 0.824. The van der Waals surface area contributed by atoms with E-state index in [0.29, 0.717) is 12.3 Å². The van der Waals surface area contributed by atoms with Crippen molar-refractivity contribution in [2.75, 3.05) is 0 Å². The van der Waals surface area contributed by atoms with Crippen LogP contribution >= 0.6 is 11.3 Å². The molecule has 2 aliphatic rings. The van der Waals surface area contributed by atoms with E-state index in [1.165, 1.54) is 30.7 Å². The molecule has 0 aromatic carbocycles. The van der Waals surface area contributed by atoms with E-state index in [9.17, 15) is 9.59 Å². The predicted octanol–water partition coefficient (Wildman–Crippen LogP) is 3.35. The third-order valence-corrected chi connectivity index (χ3v) is 6.40. The first kappa shape index (κ1) is 17.4. The monoisotopic (exact) mass is 350 g/mol. The van der Waals surface area contributed by atoms with Crippen molar-refractivity contribution in [1.82, 2.24) is 10.3 Å². The van der Waals surface area contributed by atoms with Gasteiger partial charge in [0, 0.05) is 23.8 Å². The number of aliphatic carboxylic acids is 1. The molecule has 1 heterocycles. The number of rotatable bonds is 6. The Balaban J connectivity index is 1.42. The van der Waals surface area contributed by atoms with Gasteiger partial charge >= 0.3 is 5.97 Å². The molecule has 0 atom stereocenters. The summed E-state index contributed by atoms with van der Waals surface area (Å²) in [5.74, 6) is 0.873. The van der Waals surface area contributed by atoms with Crippen molar-refractivity contribution in [3.63, 3.8) is 0 Å². The van der Waals surface area contributed by atoms with Crippen LogP contribution in [0.4, 0.5) is 0 Å². The number of carboxylic acid groups (broad SMARTS) is 1. The number of hydrogen-bond acceptors (Lipinski definition) is 4.